The average molecular weight is 343 g/mol. The van der Waals surface area contributed by atoms with Crippen LogP contribution in [0.25, 0.3) is 0 Å². The summed E-state index contributed by atoms with van der Waals surface area (Å²) in [5.41, 5.74) is 1.32. The van der Waals surface area contributed by atoms with Gasteiger partial charge in [-0.2, -0.15) is 0 Å². The number of fused-ring (bicyclic) bond motifs is 2. The SMILES string of the molecule is C=C1Oc2cc(C)ccc2C12CCN(C)C(C(=O)OC)=C2C(=O)OC. The number of carbonyl (C=O) groups is 2. The molecule has 0 aromatic heterocycles. The van der Waals surface area contributed by atoms with Crippen molar-refractivity contribution in [2.24, 2.45) is 0 Å². The number of benzene rings is 1. The average Bonchev–Trinajstić information content (AvgIpc) is 2.86. The predicted molar refractivity (Wildman–Crippen MR) is 90.9 cm³/mol. The maximum atomic E-state index is 12.7. The molecule has 1 unspecified atom stereocenters. The van der Waals surface area contributed by atoms with Crippen molar-refractivity contribution < 1.29 is 23.8 Å². The highest BCUT2D eigenvalue weighted by Crippen LogP contribution is 2.54. The normalized spacial score (nSPS) is 21.9. The van der Waals surface area contributed by atoms with E-state index in [4.69, 9.17) is 14.2 Å². The number of nitrogens with zero attached hydrogens (tertiary/aromatic N) is 1. The van der Waals surface area contributed by atoms with Crippen LogP contribution in [0.2, 0.25) is 0 Å². The smallest absolute Gasteiger partial charge is 0.354 e. The van der Waals surface area contributed by atoms with E-state index in [0.717, 1.165) is 11.1 Å². The van der Waals surface area contributed by atoms with Crippen molar-refractivity contribution in [2.75, 3.05) is 27.8 Å². The molecule has 1 atom stereocenters. The van der Waals surface area contributed by atoms with Crippen LogP contribution in [0.15, 0.2) is 41.8 Å². The van der Waals surface area contributed by atoms with Gasteiger partial charge in [0.25, 0.3) is 0 Å². The fourth-order valence-electron chi connectivity index (χ4n) is 3.68. The van der Waals surface area contributed by atoms with Crippen molar-refractivity contribution in [1.82, 2.24) is 4.90 Å². The van der Waals surface area contributed by atoms with E-state index in [1.165, 1.54) is 14.2 Å². The zero-order valence-electron chi connectivity index (χ0n) is 14.8. The molecule has 2 aliphatic rings. The Morgan fingerprint density at radius 3 is 2.56 bits per heavy atom. The van der Waals surface area contributed by atoms with Crippen LogP contribution >= 0.6 is 0 Å². The Labute approximate surface area is 146 Å². The lowest BCUT2D eigenvalue weighted by Gasteiger charge is -2.39. The fraction of sp³-hybridized carbons (Fsp3) is 0.368. The van der Waals surface area contributed by atoms with Crippen LogP contribution in [0.4, 0.5) is 0 Å². The van der Waals surface area contributed by atoms with Crippen molar-refractivity contribution in [2.45, 2.75) is 18.8 Å². The zero-order chi connectivity index (χ0) is 18.4. The number of carbonyl (C=O) groups excluding carboxylic acids is 2. The molecule has 6 heteroatoms. The Hall–Kier alpha value is -2.76. The number of methoxy groups -OCH3 is 2. The Balaban J connectivity index is 2.35. The summed E-state index contributed by atoms with van der Waals surface area (Å²) < 4.78 is 15.8. The quantitative estimate of drug-likeness (QED) is 0.766. The minimum absolute atomic E-state index is 0.179. The largest absolute Gasteiger partial charge is 0.466 e. The van der Waals surface area contributed by atoms with Gasteiger partial charge in [-0.15, -0.1) is 0 Å². The third kappa shape index (κ3) is 2.32. The molecule has 0 amide bonds. The molecule has 0 saturated heterocycles. The van der Waals surface area contributed by atoms with Crippen LogP contribution in [-0.2, 0) is 24.5 Å². The first-order chi connectivity index (χ1) is 11.9. The van der Waals surface area contributed by atoms with E-state index in [0.29, 0.717) is 24.5 Å². The first-order valence-electron chi connectivity index (χ1n) is 7.97. The van der Waals surface area contributed by atoms with E-state index in [-0.39, 0.29) is 11.3 Å². The predicted octanol–water partition coefficient (Wildman–Crippen LogP) is 2.07. The highest BCUT2D eigenvalue weighted by Gasteiger charge is 2.55. The highest BCUT2D eigenvalue weighted by atomic mass is 16.5. The summed E-state index contributed by atoms with van der Waals surface area (Å²) in [7, 11) is 4.33. The van der Waals surface area contributed by atoms with Gasteiger partial charge in [-0.1, -0.05) is 18.7 Å². The minimum atomic E-state index is -0.924. The lowest BCUT2D eigenvalue weighted by Crippen LogP contribution is -2.45. The number of likely N-dealkylation sites (N-methyl/N-ethyl adjacent to an activating group) is 1. The van der Waals surface area contributed by atoms with Gasteiger partial charge in [-0.3, -0.25) is 0 Å². The number of hydrogen-bond donors (Lipinski definition) is 0. The van der Waals surface area contributed by atoms with E-state index in [1.54, 1.807) is 11.9 Å². The number of allylic oxidation sites excluding steroid dienone is 1. The van der Waals surface area contributed by atoms with Gasteiger partial charge in [0.05, 0.1) is 25.2 Å². The molecule has 25 heavy (non-hydrogen) atoms. The van der Waals surface area contributed by atoms with Crippen molar-refractivity contribution >= 4 is 11.9 Å². The van der Waals surface area contributed by atoms with Gasteiger partial charge in [0.15, 0.2) is 0 Å². The number of aryl methyl sites for hydroxylation is 1. The van der Waals surface area contributed by atoms with Gasteiger partial charge in [0.2, 0.25) is 0 Å². The second-order valence-corrected chi connectivity index (χ2v) is 6.31. The topological polar surface area (TPSA) is 65.1 Å². The summed E-state index contributed by atoms with van der Waals surface area (Å²) in [5, 5.41) is 0. The number of rotatable bonds is 2. The molecule has 0 fully saturated rings. The summed E-state index contributed by atoms with van der Waals surface area (Å²) in [6, 6.07) is 5.78. The Morgan fingerprint density at radius 2 is 1.92 bits per heavy atom. The van der Waals surface area contributed by atoms with Crippen LogP contribution in [-0.4, -0.2) is 44.7 Å². The number of esters is 2. The zero-order valence-corrected chi connectivity index (χ0v) is 14.8. The van der Waals surface area contributed by atoms with Gasteiger partial charge in [0, 0.05) is 19.2 Å². The third-order valence-electron chi connectivity index (χ3n) is 4.94. The molecule has 0 radical (unpaired) electrons. The van der Waals surface area contributed by atoms with E-state index in [1.807, 2.05) is 25.1 Å². The summed E-state index contributed by atoms with van der Waals surface area (Å²) >= 11 is 0. The Bertz CT molecular complexity index is 810. The van der Waals surface area contributed by atoms with Crippen LogP contribution < -0.4 is 4.74 Å². The molecule has 0 aliphatic carbocycles. The molecule has 132 valence electrons. The van der Waals surface area contributed by atoms with E-state index in [2.05, 4.69) is 6.58 Å². The van der Waals surface area contributed by atoms with E-state index < -0.39 is 17.4 Å². The summed E-state index contributed by atoms with van der Waals surface area (Å²) in [6.45, 7) is 6.56. The highest BCUT2D eigenvalue weighted by molar-refractivity contribution is 6.03. The van der Waals surface area contributed by atoms with Gasteiger partial charge < -0.3 is 19.1 Å². The van der Waals surface area contributed by atoms with Gasteiger partial charge in [0.1, 0.15) is 17.2 Å². The first-order valence-corrected chi connectivity index (χ1v) is 7.97. The molecule has 1 aromatic rings. The van der Waals surface area contributed by atoms with E-state index >= 15 is 0 Å². The molecule has 0 bridgehead atoms. The van der Waals surface area contributed by atoms with E-state index in [9.17, 15) is 9.59 Å². The van der Waals surface area contributed by atoms with Gasteiger partial charge >= 0.3 is 11.9 Å². The lowest BCUT2D eigenvalue weighted by atomic mass is 9.68. The van der Waals surface area contributed by atoms with Crippen molar-refractivity contribution in [3.8, 4) is 5.75 Å². The molecule has 0 saturated carbocycles. The van der Waals surface area contributed by atoms with Crippen LogP contribution in [0, 0.1) is 6.92 Å². The summed E-state index contributed by atoms with van der Waals surface area (Å²) in [5.74, 6) is -0.108. The fourth-order valence-corrected chi connectivity index (χ4v) is 3.68. The Kier molecular flexibility index (Phi) is 4.06. The standard InChI is InChI=1S/C19H21NO5/c1-11-6-7-13-14(10-11)25-12(2)19(13)8-9-20(3)16(18(22)24-5)15(19)17(21)23-4/h6-7,10H,2,8-9H2,1,3-5H3. The molecule has 2 heterocycles. The van der Waals surface area contributed by atoms with Crippen LogP contribution in [0.5, 0.6) is 5.75 Å². The molecule has 3 rings (SSSR count). The van der Waals surface area contributed by atoms with Crippen LogP contribution in [0.1, 0.15) is 17.5 Å². The molecular weight excluding hydrogens is 322 g/mol. The second-order valence-electron chi connectivity index (χ2n) is 6.31. The molecule has 6 nitrogen and oxygen atoms in total. The molecule has 0 N–H and O–H groups in total. The summed E-state index contributed by atoms with van der Waals surface area (Å²) in [6.07, 6.45) is 0.545. The Morgan fingerprint density at radius 1 is 1.24 bits per heavy atom. The van der Waals surface area contributed by atoms with Crippen LogP contribution in [0.3, 0.4) is 0 Å². The monoisotopic (exact) mass is 343 g/mol. The van der Waals surface area contributed by atoms with Crippen molar-refractivity contribution in [1.29, 1.82) is 0 Å². The number of ether oxygens (including phenoxy) is 3. The number of hydrogen-bond acceptors (Lipinski definition) is 6. The maximum Gasteiger partial charge on any atom is 0.354 e. The third-order valence-corrected chi connectivity index (χ3v) is 4.94. The summed E-state index contributed by atoms with van der Waals surface area (Å²) in [4.78, 5) is 26.8. The second kappa shape index (κ2) is 5.95. The first kappa shape index (κ1) is 17.1. The molecular formula is C19H21NO5. The maximum absolute atomic E-state index is 12.7. The van der Waals surface area contributed by atoms with Crippen molar-refractivity contribution in [3.63, 3.8) is 0 Å². The lowest BCUT2D eigenvalue weighted by molar-refractivity contribution is -0.141. The minimum Gasteiger partial charge on any atom is -0.466 e. The molecule has 1 aromatic carbocycles. The van der Waals surface area contributed by atoms with Gasteiger partial charge in [-0.05, 0) is 25.0 Å². The molecule has 2 aliphatic heterocycles. The van der Waals surface area contributed by atoms with Crippen molar-refractivity contribution in [3.05, 3.63) is 52.9 Å². The van der Waals surface area contributed by atoms with Gasteiger partial charge in [-0.25, -0.2) is 9.59 Å². The molecule has 1 spiro atoms.